The van der Waals surface area contributed by atoms with Gasteiger partial charge in [-0.25, -0.2) is 0 Å². The van der Waals surface area contributed by atoms with Gasteiger partial charge in [0, 0.05) is 30.5 Å². The maximum atomic E-state index is 13.4. The van der Waals surface area contributed by atoms with Crippen LogP contribution >= 0.6 is 0 Å². The number of rotatable bonds is 8. The van der Waals surface area contributed by atoms with Crippen LogP contribution in [-0.2, 0) is 53.6 Å². The topological polar surface area (TPSA) is 96.3 Å². The highest BCUT2D eigenvalue weighted by molar-refractivity contribution is 5.74. The molecular weight excluding hydrogens is 626 g/mol. The minimum Gasteiger partial charge on any atom is -0.507 e. The zero-order valence-electron chi connectivity index (χ0n) is 34.1. The Hall–Kier alpha value is -3.06. The number of hydrogen-bond donors (Lipinski definition) is 2. The van der Waals surface area contributed by atoms with Crippen molar-refractivity contribution in [3.63, 3.8) is 0 Å². The SMILES string of the molecule is CC(C)(C)c1cc(CC(=O)OCCN2C(C)(C)CC(OC(=O)Cc3cc(C(C)(C)C)c(O)c(C(C)(C)C)c3)CC2(C)C)cc(C(C)(C)C)c1O. The molecule has 0 atom stereocenters. The maximum Gasteiger partial charge on any atom is 0.310 e. The second-order valence-corrected chi connectivity index (χ2v) is 19.9. The predicted octanol–water partition coefficient (Wildman–Crippen LogP) is 9.18. The molecule has 3 rings (SSSR count). The van der Waals surface area contributed by atoms with Crippen molar-refractivity contribution < 1.29 is 29.3 Å². The predicted molar refractivity (Wildman–Crippen MR) is 203 cm³/mol. The van der Waals surface area contributed by atoms with Gasteiger partial charge in [-0.2, -0.15) is 0 Å². The molecule has 1 heterocycles. The quantitative estimate of drug-likeness (QED) is 0.266. The lowest BCUT2D eigenvalue weighted by Crippen LogP contribution is -2.63. The Morgan fingerprint density at radius 1 is 0.640 bits per heavy atom. The van der Waals surface area contributed by atoms with Gasteiger partial charge in [0.2, 0.25) is 0 Å². The average Bonchev–Trinajstić information content (AvgIpc) is 2.88. The Kier molecular flexibility index (Phi) is 11.7. The van der Waals surface area contributed by atoms with Crippen molar-refractivity contribution in [3.05, 3.63) is 57.6 Å². The Labute approximate surface area is 303 Å². The van der Waals surface area contributed by atoms with Crippen LogP contribution in [0.5, 0.6) is 11.5 Å². The molecule has 1 fully saturated rings. The molecular formula is C43H67NO6. The number of piperidine rings is 1. The average molecular weight is 694 g/mol. The van der Waals surface area contributed by atoms with Crippen LogP contribution in [-0.4, -0.2) is 57.4 Å². The van der Waals surface area contributed by atoms with Crippen molar-refractivity contribution in [2.24, 2.45) is 0 Å². The van der Waals surface area contributed by atoms with Gasteiger partial charge in [-0.3, -0.25) is 14.5 Å². The van der Waals surface area contributed by atoms with Gasteiger partial charge in [-0.1, -0.05) is 107 Å². The van der Waals surface area contributed by atoms with E-state index in [1.807, 2.05) is 24.3 Å². The van der Waals surface area contributed by atoms with Gasteiger partial charge in [0.25, 0.3) is 0 Å². The molecule has 0 amide bonds. The van der Waals surface area contributed by atoms with Crippen LogP contribution in [0.4, 0.5) is 0 Å². The van der Waals surface area contributed by atoms with E-state index in [9.17, 15) is 19.8 Å². The Morgan fingerprint density at radius 3 is 1.28 bits per heavy atom. The van der Waals surface area contributed by atoms with Crippen LogP contribution in [0.25, 0.3) is 0 Å². The number of likely N-dealkylation sites (tertiary alicyclic amines) is 1. The summed E-state index contributed by atoms with van der Waals surface area (Å²) < 4.78 is 12.0. The number of carbonyl (C=O) groups excluding carboxylic acids is 2. The summed E-state index contributed by atoms with van der Waals surface area (Å²) in [5.74, 6) is 0.0277. The highest BCUT2D eigenvalue weighted by Gasteiger charge is 2.46. The van der Waals surface area contributed by atoms with Crippen molar-refractivity contribution in [1.82, 2.24) is 4.90 Å². The molecule has 0 aliphatic carbocycles. The van der Waals surface area contributed by atoms with E-state index in [1.165, 1.54) is 0 Å². The highest BCUT2D eigenvalue weighted by Crippen LogP contribution is 2.42. The molecule has 0 aromatic heterocycles. The molecule has 0 unspecified atom stereocenters. The molecule has 2 aromatic rings. The maximum absolute atomic E-state index is 13.4. The number of aromatic hydroxyl groups is 2. The van der Waals surface area contributed by atoms with Crippen molar-refractivity contribution in [2.75, 3.05) is 13.2 Å². The third-order valence-electron chi connectivity index (χ3n) is 10.1. The molecule has 1 aliphatic heterocycles. The van der Waals surface area contributed by atoms with Crippen LogP contribution < -0.4 is 0 Å². The first-order chi connectivity index (χ1) is 22.4. The van der Waals surface area contributed by atoms with Crippen LogP contribution in [0.3, 0.4) is 0 Å². The largest absolute Gasteiger partial charge is 0.507 e. The van der Waals surface area contributed by atoms with Crippen molar-refractivity contribution >= 4 is 11.9 Å². The Balaban J connectivity index is 1.67. The molecule has 50 heavy (non-hydrogen) atoms. The summed E-state index contributed by atoms with van der Waals surface area (Å²) >= 11 is 0. The van der Waals surface area contributed by atoms with Crippen molar-refractivity contribution in [1.29, 1.82) is 0 Å². The smallest absolute Gasteiger partial charge is 0.310 e. The molecule has 7 heteroatoms. The van der Waals surface area contributed by atoms with Gasteiger partial charge < -0.3 is 19.7 Å². The summed E-state index contributed by atoms with van der Waals surface area (Å²) in [6, 6.07) is 7.74. The number of esters is 2. The first-order valence-electron chi connectivity index (χ1n) is 18.3. The summed E-state index contributed by atoms with van der Waals surface area (Å²) in [6.45, 7) is 34.2. The van der Waals surface area contributed by atoms with E-state index in [1.54, 1.807) is 0 Å². The number of hydrogen-bond acceptors (Lipinski definition) is 7. The normalized spacial score (nSPS) is 17.4. The van der Waals surface area contributed by atoms with E-state index in [2.05, 4.69) is 116 Å². The molecule has 0 bridgehead atoms. The Bertz CT molecular complexity index is 1470. The van der Waals surface area contributed by atoms with Crippen LogP contribution in [0, 0.1) is 0 Å². The number of nitrogens with zero attached hydrogens (tertiary/aromatic N) is 1. The summed E-state index contributed by atoms with van der Waals surface area (Å²) in [6.07, 6.45) is 1.33. The Morgan fingerprint density at radius 2 is 0.960 bits per heavy atom. The lowest BCUT2D eigenvalue weighted by Gasteiger charge is -2.54. The van der Waals surface area contributed by atoms with Crippen molar-refractivity contribution in [2.45, 2.75) is 175 Å². The summed E-state index contributed by atoms with van der Waals surface area (Å²) in [7, 11) is 0. The number of phenolic OH excluding ortho intramolecular Hbond substituents is 2. The monoisotopic (exact) mass is 693 g/mol. The summed E-state index contributed by atoms with van der Waals surface area (Å²) in [4.78, 5) is 28.9. The lowest BCUT2D eigenvalue weighted by atomic mass is 9.78. The molecule has 280 valence electrons. The highest BCUT2D eigenvalue weighted by atomic mass is 16.5. The summed E-state index contributed by atoms with van der Waals surface area (Å²) in [5.41, 5.74) is 3.25. The number of ether oxygens (including phenoxy) is 2. The molecule has 2 N–H and O–H groups in total. The van der Waals surface area contributed by atoms with Gasteiger partial charge in [0.1, 0.15) is 24.2 Å². The summed E-state index contributed by atoms with van der Waals surface area (Å²) in [5, 5.41) is 22.2. The number of benzene rings is 2. The van der Waals surface area contributed by atoms with E-state index in [0.717, 1.165) is 33.4 Å². The fourth-order valence-electron chi connectivity index (χ4n) is 7.66. The van der Waals surface area contributed by atoms with Gasteiger partial charge in [-0.15, -0.1) is 0 Å². The van der Waals surface area contributed by atoms with Gasteiger partial charge >= 0.3 is 11.9 Å². The van der Waals surface area contributed by atoms with E-state index in [0.29, 0.717) is 30.9 Å². The van der Waals surface area contributed by atoms with Gasteiger partial charge in [0.15, 0.2) is 0 Å². The number of carbonyl (C=O) groups is 2. The van der Waals surface area contributed by atoms with Gasteiger partial charge in [-0.05, 0) is 82.7 Å². The van der Waals surface area contributed by atoms with Gasteiger partial charge in [0.05, 0.1) is 12.8 Å². The molecule has 0 saturated carbocycles. The van der Waals surface area contributed by atoms with E-state index >= 15 is 0 Å². The number of phenols is 2. The standard InChI is InChI=1S/C43H67NO6/c1-38(2,3)30-19-27(20-31(36(30)47)39(4,5)6)23-34(45)49-18-17-44-42(13,14)25-29(26-43(44,15)16)50-35(46)24-28-21-32(40(7,8)9)37(48)33(22-28)41(10,11)12/h19-22,29,47-48H,17-18,23-26H2,1-16H3. The first-order valence-corrected chi connectivity index (χ1v) is 18.3. The molecule has 2 aromatic carbocycles. The van der Waals surface area contributed by atoms with Crippen LogP contribution in [0.1, 0.15) is 157 Å². The molecule has 1 saturated heterocycles. The van der Waals surface area contributed by atoms with E-state index in [4.69, 9.17) is 9.47 Å². The molecule has 7 nitrogen and oxygen atoms in total. The second kappa shape index (κ2) is 14.2. The molecule has 1 aliphatic rings. The third-order valence-corrected chi connectivity index (χ3v) is 10.1. The van der Waals surface area contributed by atoms with E-state index < -0.39 is 0 Å². The first kappa shape index (κ1) is 41.4. The molecule has 0 spiro atoms. The lowest BCUT2D eigenvalue weighted by molar-refractivity contribution is -0.162. The fraction of sp³-hybridized carbons (Fsp3) is 0.674. The van der Waals surface area contributed by atoms with Crippen LogP contribution in [0.2, 0.25) is 0 Å². The van der Waals surface area contributed by atoms with Crippen LogP contribution in [0.15, 0.2) is 24.3 Å². The molecule has 0 radical (unpaired) electrons. The van der Waals surface area contributed by atoms with Crippen molar-refractivity contribution in [3.8, 4) is 11.5 Å². The zero-order chi connectivity index (χ0) is 38.4. The zero-order valence-corrected chi connectivity index (χ0v) is 34.1. The second-order valence-electron chi connectivity index (χ2n) is 19.9. The minimum absolute atomic E-state index is 0.132. The fourth-order valence-corrected chi connectivity index (χ4v) is 7.66. The van der Waals surface area contributed by atoms with E-state index in [-0.39, 0.29) is 70.2 Å². The third kappa shape index (κ3) is 10.0. The minimum atomic E-state index is -0.309.